The van der Waals surface area contributed by atoms with Crippen molar-refractivity contribution in [3.8, 4) is 5.69 Å². The van der Waals surface area contributed by atoms with Crippen LogP contribution in [0.4, 0.5) is 5.69 Å². The summed E-state index contributed by atoms with van der Waals surface area (Å²) in [5.74, 6) is 0. The number of anilines is 1. The number of rotatable bonds is 1. The molecule has 3 nitrogen and oxygen atoms in total. The van der Waals surface area contributed by atoms with Crippen molar-refractivity contribution in [3.05, 3.63) is 42.5 Å². The predicted octanol–water partition coefficient (Wildman–Crippen LogP) is 1.76. The Morgan fingerprint density at radius 3 is 2.69 bits per heavy atom. The lowest BCUT2D eigenvalue weighted by atomic mass is 10.3. The van der Waals surface area contributed by atoms with Crippen LogP contribution in [0.15, 0.2) is 36.8 Å². The molecule has 1 aromatic carbocycles. The second kappa shape index (κ2) is 2.94. The van der Waals surface area contributed by atoms with Crippen molar-refractivity contribution in [1.82, 2.24) is 9.55 Å². The topological polar surface area (TPSA) is 43.8 Å². The number of nitrogen functional groups attached to an aromatic ring is 1. The Labute approximate surface area is 76.8 Å². The van der Waals surface area contributed by atoms with Crippen molar-refractivity contribution in [3.63, 3.8) is 0 Å². The minimum atomic E-state index is 0.764. The molecule has 0 aliphatic rings. The zero-order valence-corrected chi connectivity index (χ0v) is 7.44. The van der Waals surface area contributed by atoms with E-state index in [1.54, 1.807) is 6.33 Å². The summed E-state index contributed by atoms with van der Waals surface area (Å²) < 4.78 is 1.92. The predicted molar refractivity (Wildman–Crippen MR) is 52.7 cm³/mol. The molecule has 2 N–H and O–H groups in total. The Morgan fingerprint density at radius 1 is 1.31 bits per heavy atom. The third-order valence-corrected chi connectivity index (χ3v) is 1.93. The number of imidazole rings is 1. The van der Waals surface area contributed by atoms with E-state index < -0.39 is 0 Å². The van der Waals surface area contributed by atoms with Gasteiger partial charge in [0, 0.05) is 6.20 Å². The van der Waals surface area contributed by atoms with Gasteiger partial charge in [-0.25, -0.2) is 4.98 Å². The molecule has 1 heterocycles. The van der Waals surface area contributed by atoms with Crippen molar-refractivity contribution < 1.29 is 0 Å². The van der Waals surface area contributed by atoms with E-state index >= 15 is 0 Å². The second-order valence-corrected chi connectivity index (χ2v) is 2.98. The molecule has 66 valence electrons. The molecule has 0 fully saturated rings. The molecule has 1 aromatic heterocycles. The quantitative estimate of drug-likeness (QED) is 0.668. The number of benzene rings is 1. The summed E-state index contributed by atoms with van der Waals surface area (Å²) in [6.07, 6.45) is 3.72. The Hall–Kier alpha value is -1.77. The fraction of sp³-hybridized carbons (Fsp3) is 0.100. The molecule has 0 saturated heterocycles. The highest BCUT2D eigenvalue weighted by Gasteiger charge is 1.99. The summed E-state index contributed by atoms with van der Waals surface area (Å²) in [4.78, 5) is 4.14. The number of hydrogen-bond acceptors (Lipinski definition) is 2. The smallest absolute Gasteiger partial charge is 0.0995 e. The Balaban J connectivity index is 2.52. The molecular weight excluding hydrogens is 162 g/mol. The molecule has 0 bridgehead atoms. The monoisotopic (exact) mass is 173 g/mol. The van der Waals surface area contributed by atoms with Crippen LogP contribution in [0.3, 0.4) is 0 Å². The third kappa shape index (κ3) is 1.40. The van der Waals surface area contributed by atoms with E-state index in [0.717, 1.165) is 17.1 Å². The Morgan fingerprint density at radius 2 is 2.08 bits per heavy atom. The lowest BCUT2D eigenvalue weighted by Gasteiger charge is -2.04. The minimum absolute atomic E-state index is 0.764. The van der Waals surface area contributed by atoms with Gasteiger partial charge in [-0.3, -0.25) is 0 Å². The Kier molecular flexibility index (Phi) is 1.77. The first-order valence-corrected chi connectivity index (χ1v) is 4.13. The van der Waals surface area contributed by atoms with E-state index in [1.165, 1.54) is 0 Å². The fourth-order valence-electron chi connectivity index (χ4n) is 1.28. The van der Waals surface area contributed by atoms with Crippen molar-refractivity contribution in [2.45, 2.75) is 6.92 Å². The molecule has 2 aromatic rings. The average molecular weight is 173 g/mol. The summed E-state index contributed by atoms with van der Waals surface area (Å²) in [5.41, 5.74) is 8.54. The first-order valence-electron chi connectivity index (χ1n) is 4.13. The van der Waals surface area contributed by atoms with Crippen LogP contribution in [-0.2, 0) is 0 Å². The highest BCUT2D eigenvalue weighted by Crippen LogP contribution is 2.15. The lowest BCUT2D eigenvalue weighted by molar-refractivity contribution is 1.06. The SMILES string of the molecule is Cc1cn(-c2ccccc2N)cn1. The Bertz CT molecular complexity index is 418. The van der Waals surface area contributed by atoms with Gasteiger partial charge in [0.2, 0.25) is 0 Å². The van der Waals surface area contributed by atoms with Gasteiger partial charge in [0.05, 0.1) is 23.4 Å². The number of aryl methyl sites for hydroxylation is 1. The van der Waals surface area contributed by atoms with Crippen LogP contribution >= 0.6 is 0 Å². The van der Waals surface area contributed by atoms with Crippen molar-refractivity contribution in [2.24, 2.45) is 0 Å². The number of aromatic nitrogens is 2. The standard InChI is InChI=1S/C10H11N3/c1-8-6-13(7-12-8)10-5-3-2-4-9(10)11/h2-7H,11H2,1H3. The van der Waals surface area contributed by atoms with Gasteiger partial charge in [-0.05, 0) is 19.1 Å². The van der Waals surface area contributed by atoms with Crippen LogP contribution in [0.25, 0.3) is 5.69 Å². The number of para-hydroxylation sites is 2. The molecule has 0 aliphatic carbocycles. The molecule has 3 heteroatoms. The van der Waals surface area contributed by atoms with Gasteiger partial charge in [0.25, 0.3) is 0 Å². The van der Waals surface area contributed by atoms with Crippen LogP contribution < -0.4 is 5.73 Å². The average Bonchev–Trinajstić information content (AvgIpc) is 2.53. The number of nitrogens with two attached hydrogens (primary N) is 1. The maximum Gasteiger partial charge on any atom is 0.0995 e. The molecule has 0 spiro atoms. The van der Waals surface area contributed by atoms with E-state index in [4.69, 9.17) is 5.73 Å². The molecule has 0 atom stereocenters. The minimum Gasteiger partial charge on any atom is -0.397 e. The van der Waals surface area contributed by atoms with E-state index in [2.05, 4.69) is 4.98 Å². The highest BCUT2D eigenvalue weighted by atomic mass is 15.0. The number of hydrogen-bond donors (Lipinski definition) is 1. The van der Waals surface area contributed by atoms with Gasteiger partial charge < -0.3 is 10.3 Å². The summed E-state index contributed by atoms with van der Waals surface area (Å²) in [5, 5.41) is 0. The fourth-order valence-corrected chi connectivity index (χ4v) is 1.28. The largest absolute Gasteiger partial charge is 0.397 e. The van der Waals surface area contributed by atoms with Crippen molar-refractivity contribution in [2.75, 3.05) is 5.73 Å². The summed E-state index contributed by atoms with van der Waals surface area (Å²) in [6, 6.07) is 7.73. The van der Waals surface area contributed by atoms with Crippen molar-refractivity contribution >= 4 is 5.69 Å². The third-order valence-electron chi connectivity index (χ3n) is 1.93. The molecule has 2 rings (SSSR count). The summed E-state index contributed by atoms with van der Waals surface area (Å²) in [6.45, 7) is 1.95. The lowest BCUT2D eigenvalue weighted by Crippen LogP contribution is -1.96. The van der Waals surface area contributed by atoms with E-state index in [1.807, 2.05) is 42.0 Å². The molecule has 0 saturated carbocycles. The van der Waals surface area contributed by atoms with Gasteiger partial charge in [0.1, 0.15) is 0 Å². The highest BCUT2D eigenvalue weighted by molar-refractivity contribution is 5.57. The van der Waals surface area contributed by atoms with Gasteiger partial charge >= 0.3 is 0 Å². The van der Waals surface area contributed by atoms with Crippen LogP contribution in [-0.4, -0.2) is 9.55 Å². The molecule has 0 radical (unpaired) electrons. The maximum atomic E-state index is 5.81. The molecular formula is C10H11N3. The number of nitrogens with zero attached hydrogens (tertiary/aromatic N) is 2. The molecule has 0 amide bonds. The summed E-state index contributed by atoms with van der Waals surface area (Å²) in [7, 11) is 0. The zero-order chi connectivity index (χ0) is 9.26. The van der Waals surface area contributed by atoms with Gasteiger partial charge in [-0.2, -0.15) is 0 Å². The van der Waals surface area contributed by atoms with Crippen molar-refractivity contribution in [1.29, 1.82) is 0 Å². The first kappa shape index (κ1) is 7.86. The van der Waals surface area contributed by atoms with Gasteiger partial charge in [0.15, 0.2) is 0 Å². The zero-order valence-electron chi connectivity index (χ0n) is 7.44. The molecule has 0 aliphatic heterocycles. The maximum absolute atomic E-state index is 5.81. The van der Waals surface area contributed by atoms with E-state index in [0.29, 0.717) is 0 Å². The normalized spacial score (nSPS) is 10.2. The summed E-state index contributed by atoms with van der Waals surface area (Å²) >= 11 is 0. The van der Waals surface area contributed by atoms with Gasteiger partial charge in [-0.15, -0.1) is 0 Å². The first-order chi connectivity index (χ1) is 6.27. The van der Waals surface area contributed by atoms with E-state index in [-0.39, 0.29) is 0 Å². The second-order valence-electron chi connectivity index (χ2n) is 2.98. The van der Waals surface area contributed by atoms with Crippen LogP contribution in [0.1, 0.15) is 5.69 Å². The van der Waals surface area contributed by atoms with E-state index in [9.17, 15) is 0 Å². The van der Waals surface area contributed by atoms with Gasteiger partial charge in [-0.1, -0.05) is 12.1 Å². The van der Waals surface area contributed by atoms with Crippen LogP contribution in [0.5, 0.6) is 0 Å². The molecule has 13 heavy (non-hydrogen) atoms. The van der Waals surface area contributed by atoms with Crippen LogP contribution in [0, 0.1) is 6.92 Å². The molecule has 0 unspecified atom stereocenters. The van der Waals surface area contributed by atoms with Crippen LogP contribution in [0.2, 0.25) is 0 Å².